The van der Waals surface area contributed by atoms with Gasteiger partial charge in [0.25, 0.3) is 0 Å². The largest absolute Gasteiger partial charge is 0.396 e. The van der Waals surface area contributed by atoms with Gasteiger partial charge in [0.2, 0.25) is 0 Å². The summed E-state index contributed by atoms with van der Waals surface area (Å²) in [6.07, 6.45) is 12.9. The molecule has 0 saturated heterocycles. The van der Waals surface area contributed by atoms with Gasteiger partial charge in [-0.15, -0.1) is 0 Å². The summed E-state index contributed by atoms with van der Waals surface area (Å²) in [5, 5.41) is 8.51. The van der Waals surface area contributed by atoms with Crippen molar-refractivity contribution < 1.29 is 5.11 Å². The lowest BCUT2D eigenvalue weighted by Crippen LogP contribution is -1.78. The van der Waals surface area contributed by atoms with Gasteiger partial charge in [-0.3, -0.25) is 0 Å². The van der Waals surface area contributed by atoms with Gasteiger partial charge in [-0.25, -0.2) is 0 Å². The van der Waals surface area contributed by atoms with Gasteiger partial charge >= 0.3 is 0 Å². The van der Waals surface area contributed by atoms with Crippen LogP contribution in [0.15, 0.2) is 12.2 Å². The molecule has 0 atom stereocenters. The Kier molecular flexibility index (Phi) is 10.4. The monoisotopic (exact) mass is 170 g/mol. The van der Waals surface area contributed by atoms with E-state index < -0.39 is 0 Å². The van der Waals surface area contributed by atoms with E-state index in [1.807, 2.05) is 0 Å². The molecule has 0 radical (unpaired) electrons. The van der Waals surface area contributed by atoms with Crippen LogP contribution >= 0.6 is 0 Å². The third kappa shape index (κ3) is 9.70. The summed E-state index contributed by atoms with van der Waals surface area (Å²) in [5.41, 5.74) is 0. The highest BCUT2D eigenvalue weighted by atomic mass is 16.2. The number of aliphatic hydroxyl groups is 1. The molecule has 0 bridgehead atoms. The van der Waals surface area contributed by atoms with Crippen molar-refractivity contribution in [3.63, 3.8) is 0 Å². The summed E-state index contributed by atoms with van der Waals surface area (Å²) < 4.78 is 0. The highest BCUT2D eigenvalue weighted by molar-refractivity contribution is 4.81. The zero-order valence-electron chi connectivity index (χ0n) is 8.26. The van der Waals surface area contributed by atoms with Crippen molar-refractivity contribution in [2.24, 2.45) is 0 Å². The van der Waals surface area contributed by atoms with E-state index in [9.17, 15) is 0 Å². The zero-order chi connectivity index (χ0) is 9.07. The minimum absolute atomic E-state index is 0.320. The third-order valence-electron chi connectivity index (χ3n) is 1.92. The van der Waals surface area contributed by atoms with Crippen LogP contribution in [0.4, 0.5) is 0 Å². The van der Waals surface area contributed by atoms with Crippen molar-refractivity contribution >= 4 is 0 Å². The van der Waals surface area contributed by atoms with Crippen molar-refractivity contribution in [2.75, 3.05) is 6.61 Å². The van der Waals surface area contributed by atoms with E-state index in [1.54, 1.807) is 0 Å². The van der Waals surface area contributed by atoms with E-state index >= 15 is 0 Å². The number of rotatable bonds is 8. The average Bonchev–Trinajstić information content (AvgIpc) is 2.10. The molecule has 0 spiro atoms. The predicted molar refractivity (Wildman–Crippen MR) is 54.2 cm³/mol. The van der Waals surface area contributed by atoms with Crippen LogP contribution in [0.1, 0.15) is 51.9 Å². The summed E-state index contributed by atoms with van der Waals surface area (Å²) in [5.74, 6) is 0. The van der Waals surface area contributed by atoms with Gasteiger partial charge in [0, 0.05) is 6.61 Å². The minimum atomic E-state index is 0.320. The molecular weight excluding hydrogens is 148 g/mol. The fourth-order valence-electron chi connectivity index (χ4n) is 1.13. The third-order valence-corrected chi connectivity index (χ3v) is 1.92. The van der Waals surface area contributed by atoms with Crippen LogP contribution in [-0.2, 0) is 0 Å². The van der Waals surface area contributed by atoms with Gasteiger partial charge in [0.1, 0.15) is 0 Å². The van der Waals surface area contributed by atoms with Crippen molar-refractivity contribution in [1.29, 1.82) is 0 Å². The fourth-order valence-corrected chi connectivity index (χ4v) is 1.13. The van der Waals surface area contributed by atoms with Crippen molar-refractivity contribution in [2.45, 2.75) is 51.9 Å². The Hall–Kier alpha value is -0.300. The molecule has 0 fully saturated rings. The molecule has 0 saturated carbocycles. The van der Waals surface area contributed by atoms with Crippen molar-refractivity contribution in [1.82, 2.24) is 0 Å². The Morgan fingerprint density at radius 2 is 1.58 bits per heavy atom. The topological polar surface area (TPSA) is 20.2 Å². The van der Waals surface area contributed by atoms with Crippen LogP contribution in [0.5, 0.6) is 0 Å². The first-order valence-corrected chi connectivity index (χ1v) is 5.17. The van der Waals surface area contributed by atoms with Crippen LogP contribution in [0.3, 0.4) is 0 Å². The average molecular weight is 170 g/mol. The first-order valence-electron chi connectivity index (χ1n) is 5.17. The Morgan fingerprint density at radius 3 is 2.17 bits per heavy atom. The molecule has 0 rings (SSSR count). The molecule has 12 heavy (non-hydrogen) atoms. The molecule has 0 aliphatic carbocycles. The molecule has 1 N–H and O–H groups in total. The normalized spacial score (nSPS) is 11.2. The lowest BCUT2D eigenvalue weighted by molar-refractivity contribution is 0.289. The van der Waals surface area contributed by atoms with Crippen LogP contribution in [0.2, 0.25) is 0 Å². The van der Waals surface area contributed by atoms with Gasteiger partial charge in [-0.05, 0) is 25.7 Å². The van der Waals surface area contributed by atoms with Crippen LogP contribution in [0, 0.1) is 0 Å². The molecule has 72 valence electrons. The van der Waals surface area contributed by atoms with Crippen LogP contribution in [-0.4, -0.2) is 11.7 Å². The van der Waals surface area contributed by atoms with Crippen LogP contribution < -0.4 is 0 Å². The van der Waals surface area contributed by atoms with E-state index in [0.717, 1.165) is 12.8 Å². The highest BCUT2D eigenvalue weighted by Gasteiger charge is 1.84. The standard InChI is InChI=1S/C11H22O/c1-2-3-4-5-6-7-8-9-10-11-12/h7-8,12H,2-6,9-11H2,1H3/b8-7-. The molecule has 1 nitrogen and oxygen atoms in total. The molecular formula is C11H22O. The first kappa shape index (κ1) is 11.7. The van der Waals surface area contributed by atoms with Crippen molar-refractivity contribution in [3.8, 4) is 0 Å². The van der Waals surface area contributed by atoms with Gasteiger partial charge in [-0.1, -0.05) is 38.3 Å². The number of unbranched alkanes of at least 4 members (excludes halogenated alkanes) is 5. The minimum Gasteiger partial charge on any atom is -0.396 e. The second-order valence-corrected chi connectivity index (χ2v) is 3.19. The van der Waals surface area contributed by atoms with E-state index in [2.05, 4.69) is 19.1 Å². The maximum Gasteiger partial charge on any atom is 0.0433 e. The Morgan fingerprint density at radius 1 is 0.917 bits per heavy atom. The second kappa shape index (κ2) is 10.7. The van der Waals surface area contributed by atoms with E-state index in [-0.39, 0.29) is 0 Å². The lowest BCUT2D eigenvalue weighted by Gasteiger charge is -1.94. The number of hydrogen-bond donors (Lipinski definition) is 1. The molecule has 1 heteroatoms. The van der Waals surface area contributed by atoms with E-state index in [0.29, 0.717) is 6.61 Å². The Bertz CT molecular complexity index is 97.2. The number of hydrogen-bond acceptors (Lipinski definition) is 1. The Balaban J connectivity index is 2.92. The zero-order valence-corrected chi connectivity index (χ0v) is 8.26. The molecule has 0 aromatic carbocycles. The van der Waals surface area contributed by atoms with Crippen molar-refractivity contribution in [3.05, 3.63) is 12.2 Å². The lowest BCUT2D eigenvalue weighted by atomic mass is 10.1. The summed E-state index contributed by atoms with van der Waals surface area (Å²) in [4.78, 5) is 0. The summed E-state index contributed by atoms with van der Waals surface area (Å²) in [6.45, 7) is 2.55. The summed E-state index contributed by atoms with van der Waals surface area (Å²) in [7, 11) is 0. The molecule has 0 heterocycles. The smallest absolute Gasteiger partial charge is 0.0433 e. The first-order chi connectivity index (χ1) is 5.91. The van der Waals surface area contributed by atoms with Gasteiger partial charge in [0.15, 0.2) is 0 Å². The molecule has 0 aliphatic rings. The molecule has 0 aliphatic heterocycles. The maximum absolute atomic E-state index is 8.51. The highest BCUT2D eigenvalue weighted by Crippen LogP contribution is 2.03. The quantitative estimate of drug-likeness (QED) is 0.438. The van der Waals surface area contributed by atoms with Gasteiger partial charge in [-0.2, -0.15) is 0 Å². The molecule has 0 aromatic rings. The number of allylic oxidation sites excluding steroid dienone is 2. The van der Waals surface area contributed by atoms with E-state index in [4.69, 9.17) is 5.11 Å². The van der Waals surface area contributed by atoms with E-state index in [1.165, 1.54) is 32.1 Å². The molecule has 0 unspecified atom stereocenters. The summed E-state index contributed by atoms with van der Waals surface area (Å²) in [6, 6.07) is 0. The SMILES string of the molecule is CCCCCC/C=C\CCCO. The summed E-state index contributed by atoms with van der Waals surface area (Å²) >= 11 is 0. The number of aliphatic hydroxyl groups excluding tert-OH is 1. The van der Waals surface area contributed by atoms with Gasteiger partial charge in [0.05, 0.1) is 0 Å². The second-order valence-electron chi connectivity index (χ2n) is 3.19. The van der Waals surface area contributed by atoms with Gasteiger partial charge < -0.3 is 5.11 Å². The molecule has 0 aromatic heterocycles. The maximum atomic E-state index is 8.51. The van der Waals surface area contributed by atoms with Crippen LogP contribution in [0.25, 0.3) is 0 Å². The fraction of sp³-hybridized carbons (Fsp3) is 0.818. The predicted octanol–water partition coefficient (Wildman–Crippen LogP) is 3.29. The Labute approximate surface area is 76.5 Å². The molecule has 0 amide bonds.